The van der Waals surface area contributed by atoms with Crippen LogP contribution in [0.3, 0.4) is 0 Å². The van der Waals surface area contributed by atoms with E-state index >= 15 is 0 Å². The molecule has 0 saturated carbocycles. The lowest BCUT2D eigenvalue weighted by atomic mass is 10.2. The molecule has 1 aliphatic heterocycles. The number of benzene rings is 1. The SMILES string of the molecule is Cc1c(Cl)cccc1NC(=O)C[C@@H]1SC(=S)NC1=O. The van der Waals surface area contributed by atoms with Gasteiger partial charge in [-0.1, -0.05) is 41.6 Å². The Balaban J connectivity index is 2.00. The predicted octanol–water partition coefficient (Wildman–Crippen LogP) is 2.49. The highest BCUT2D eigenvalue weighted by Gasteiger charge is 2.31. The summed E-state index contributed by atoms with van der Waals surface area (Å²) in [6, 6.07) is 5.29. The molecule has 1 aliphatic rings. The van der Waals surface area contributed by atoms with E-state index in [9.17, 15) is 9.59 Å². The first-order valence-corrected chi connectivity index (χ1v) is 7.20. The number of thiocarbonyl (C=S) groups is 1. The van der Waals surface area contributed by atoms with E-state index < -0.39 is 5.25 Å². The molecular weight excluding hydrogens is 304 g/mol. The van der Waals surface area contributed by atoms with Crippen molar-refractivity contribution in [2.24, 2.45) is 0 Å². The van der Waals surface area contributed by atoms with Gasteiger partial charge in [-0.25, -0.2) is 0 Å². The molecule has 2 N–H and O–H groups in total. The Labute approximate surface area is 125 Å². The monoisotopic (exact) mass is 314 g/mol. The Morgan fingerprint density at radius 3 is 2.95 bits per heavy atom. The lowest BCUT2D eigenvalue weighted by molar-refractivity contribution is -0.122. The van der Waals surface area contributed by atoms with Crippen molar-refractivity contribution in [3.05, 3.63) is 28.8 Å². The zero-order valence-electron chi connectivity index (χ0n) is 10.0. The number of rotatable bonds is 3. The van der Waals surface area contributed by atoms with Crippen LogP contribution in [0.25, 0.3) is 0 Å². The standard InChI is InChI=1S/C12H11ClN2O2S2/c1-6-7(13)3-2-4-8(6)14-10(16)5-9-11(17)15-12(18)19-9/h2-4,9H,5H2,1H3,(H,14,16)(H,15,17,18)/t9-/m0/s1. The van der Waals surface area contributed by atoms with Crippen LogP contribution >= 0.6 is 35.6 Å². The number of anilines is 1. The molecule has 0 aromatic heterocycles. The van der Waals surface area contributed by atoms with E-state index in [0.717, 1.165) is 5.56 Å². The summed E-state index contributed by atoms with van der Waals surface area (Å²) in [6.07, 6.45) is 0.0859. The van der Waals surface area contributed by atoms with Crippen molar-refractivity contribution in [3.8, 4) is 0 Å². The van der Waals surface area contributed by atoms with Gasteiger partial charge in [-0.3, -0.25) is 9.59 Å². The molecule has 1 heterocycles. The zero-order chi connectivity index (χ0) is 14.0. The average Bonchev–Trinajstić information content (AvgIpc) is 2.64. The number of carbonyl (C=O) groups excluding carboxylic acids is 2. The second-order valence-electron chi connectivity index (χ2n) is 4.05. The molecule has 1 atom stereocenters. The highest BCUT2D eigenvalue weighted by Crippen LogP contribution is 2.25. The second-order valence-corrected chi connectivity index (χ2v) is 6.33. The van der Waals surface area contributed by atoms with E-state index in [0.29, 0.717) is 15.0 Å². The molecule has 100 valence electrons. The Bertz CT molecular complexity index is 563. The number of amides is 2. The molecule has 19 heavy (non-hydrogen) atoms. The van der Waals surface area contributed by atoms with Crippen LogP contribution < -0.4 is 10.6 Å². The van der Waals surface area contributed by atoms with Crippen molar-refractivity contribution in [3.63, 3.8) is 0 Å². The van der Waals surface area contributed by atoms with Crippen molar-refractivity contribution in [2.45, 2.75) is 18.6 Å². The first-order valence-electron chi connectivity index (χ1n) is 5.54. The Kier molecular flexibility index (Phi) is 4.44. The van der Waals surface area contributed by atoms with E-state index in [1.807, 2.05) is 6.92 Å². The molecule has 7 heteroatoms. The molecule has 0 aliphatic carbocycles. The fourth-order valence-electron chi connectivity index (χ4n) is 1.64. The number of carbonyl (C=O) groups is 2. The minimum absolute atomic E-state index is 0.0859. The maximum absolute atomic E-state index is 11.9. The molecule has 0 bridgehead atoms. The molecule has 4 nitrogen and oxygen atoms in total. The molecular formula is C12H11ClN2O2S2. The third kappa shape index (κ3) is 3.46. The van der Waals surface area contributed by atoms with Crippen molar-refractivity contribution in [2.75, 3.05) is 5.32 Å². The summed E-state index contributed by atoms with van der Waals surface area (Å²) in [4.78, 5) is 23.4. The lowest BCUT2D eigenvalue weighted by Gasteiger charge is -2.10. The van der Waals surface area contributed by atoms with Gasteiger partial charge < -0.3 is 10.6 Å². The summed E-state index contributed by atoms with van der Waals surface area (Å²) < 4.78 is 0.418. The summed E-state index contributed by atoms with van der Waals surface area (Å²) >= 11 is 12.1. The van der Waals surface area contributed by atoms with Crippen molar-refractivity contribution >= 4 is 57.4 Å². The van der Waals surface area contributed by atoms with Gasteiger partial charge in [0.05, 0.1) is 5.25 Å². The van der Waals surface area contributed by atoms with Crippen molar-refractivity contribution in [1.82, 2.24) is 5.32 Å². The van der Waals surface area contributed by atoms with Gasteiger partial charge in [-0.2, -0.15) is 0 Å². The summed E-state index contributed by atoms with van der Waals surface area (Å²) in [5, 5.41) is 5.40. The molecule has 0 unspecified atom stereocenters. The fraction of sp³-hybridized carbons (Fsp3) is 0.250. The summed E-state index contributed by atoms with van der Waals surface area (Å²) in [6.45, 7) is 1.82. The number of nitrogens with one attached hydrogen (secondary N) is 2. The van der Waals surface area contributed by atoms with E-state index in [1.165, 1.54) is 11.8 Å². The zero-order valence-corrected chi connectivity index (χ0v) is 12.4. The van der Waals surface area contributed by atoms with Gasteiger partial charge in [-0.05, 0) is 24.6 Å². The summed E-state index contributed by atoms with van der Waals surface area (Å²) in [5.74, 6) is -0.448. The second kappa shape index (κ2) is 5.90. The van der Waals surface area contributed by atoms with E-state index in [2.05, 4.69) is 10.6 Å². The van der Waals surface area contributed by atoms with E-state index in [4.69, 9.17) is 23.8 Å². The van der Waals surface area contributed by atoms with Gasteiger partial charge in [0.1, 0.15) is 4.32 Å². The minimum atomic E-state index is -0.452. The van der Waals surface area contributed by atoms with Crippen LogP contribution in [-0.4, -0.2) is 21.4 Å². The van der Waals surface area contributed by atoms with Crippen molar-refractivity contribution < 1.29 is 9.59 Å². The van der Waals surface area contributed by atoms with E-state index in [-0.39, 0.29) is 18.2 Å². The van der Waals surface area contributed by atoms with Crippen LogP contribution in [-0.2, 0) is 9.59 Å². The quantitative estimate of drug-likeness (QED) is 0.842. The Hall–Kier alpha value is -1.11. The molecule has 0 spiro atoms. The molecule has 1 aromatic carbocycles. The molecule has 2 amide bonds. The average molecular weight is 315 g/mol. The first-order chi connectivity index (χ1) is 8.97. The van der Waals surface area contributed by atoms with Gasteiger partial charge in [0.2, 0.25) is 11.8 Å². The van der Waals surface area contributed by atoms with Gasteiger partial charge in [0, 0.05) is 17.1 Å². The van der Waals surface area contributed by atoms with Crippen LogP contribution in [0.2, 0.25) is 5.02 Å². The van der Waals surface area contributed by atoms with Crippen molar-refractivity contribution in [1.29, 1.82) is 0 Å². The minimum Gasteiger partial charge on any atom is -0.326 e. The number of hydrogen-bond donors (Lipinski definition) is 2. The molecule has 2 rings (SSSR count). The van der Waals surface area contributed by atoms with Crippen LogP contribution in [0.1, 0.15) is 12.0 Å². The highest BCUT2D eigenvalue weighted by atomic mass is 35.5. The Morgan fingerprint density at radius 2 is 2.32 bits per heavy atom. The van der Waals surface area contributed by atoms with Gasteiger partial charge in [0.15, 0.2) is 0 Å². The topological polar surface area (TPSA) is 58.2 Å². The smallest absolute Gasteiger partial charge is 0.239 e. The third-order valence-corrected chi connectivity index (χ3v) is 4.46. The van der Waals surface area contributed by atoms with Crippen LogP contribution in [0.5, 0.6) is 0 Å². The third-order valence-electron chi connectivity index (χ3n) is 2.68. The summed E-state index contributed by atoms with van der Waals surface area (Å²) in [7, 11) is 0. The van der Waals surface area contributed by atoms with Gasteiger partial charge in [-0.15, -0.1) is 0 Å². The van der Waals surface area contributed by atoms with Crippen LogP contribution in [0, 0.1) is 6.92 Å². The highest BCUT2D eigenvalue weighted by molar-refractivity contribution is 8.24. The van der Waals surface area contributed by atoms with Crippen LogP contribution in [0.4, 0.5) is 5.69 Å². The van der Waals surface area contributed by atoms with Gasteiger partial charge in [0.25, 0.3) is 0 Å². The molecule has 0 radical (unpaired) electrons. The first kappa shape index (κ1) is 14.3. The number of thioether (sulfide) groups is 1. The lowest BCUT2D eigenvalue weighted by Crippen LogP contribution is -2.27. The number of halogens is 1. The van der Waals surface area contributed by atoms with Crippen LogP contribution in [0.15, 0.2) is 18.2 Å². The maximum atomic E-state index is 11.9. The Morgan fingerprint density at radius 1 is 1.58 bits per heavy atom. The summed E-state index contributed by atoms with van der Waals surface area (Å²) in [5.41, 5.74) is 1.46. The van der Waals surface area contributed by atoms with E-state index in [1.54, 1.807) is 18.2 Å². The normalized spacial score (nSPS) is 18.3. The largest absolute Gasteiger partial charge is 0.326 e. The molecule has 1 saturated heterocycles. The fourth-order valence-corrected chi connectivity index (χ4v) is 3.08. The maximum Gasteiger partial charge on any atom is 0.239 e. The predicted molar refractivity (Wildman–Crippen MR) is 81.6 cm³/mol. The molecule has 1 fully saturated rings. The van der Waals surface area contributed by atoms with Gasteiger partial charge >= 0.3 is 0 Å². The number of hydrogen-bond acceptors (Lipinski definition) is 4. The molecule has 1 aromatic rings.